The summed E-state index contributed by atoms with van der Waals surface area (Å²) >= 11 is 0. The molecular weight excluding hydrogens is 456 g/mol. The highest BCUT2D eigenvalue weighted by atomic mass is 16.6. The molecule has 1 saturated heterocycles. The van der Waals surface area contributed by atoms with Crippen LogP contribution in [0.2, 0.25) is 0 Å². The van der Waals surface area contributed by atoms with Crippen molar-refractivity contribution in [2.75, 3.05) is 13.2 Å². The number of fused-ring (bicyclic) bond motifs is 2. The molecule has 3 saturated carbocycles. The van der Waals surface area contributed by atoms with Crippen molar-refractivity contribution in [1.82, 2.24) is 0 Å². The Kier molecular flexibility index (Phi) is 6.31. The number of ether oxygens (including phenoxy) is 4. The summed E-state index contributed by atoms with van der Waals surface area (Å²) in [6.45, 7) is 12.0. The van der Waals surface area contributed by atoms with Gasteiger partial charge in [-0.05, 0) is 42.6 Å². The van der Waals surface area contributed by atoms with Crippen molar-refractivity contribution in [2.24, 2.45) is 34.0 Å². The van der Waals surface area contributed by atoms with Crippen LogP contribution in [0.15, 0.2) is 12.2 Å². The number of aliphatic hydroxyl groups excluding tert-OH is 1. The van der Waals surface area contributed by atoms with E-state index in [2.05, 4.69) is 6.58 Å². The number of rotatable bonds is 4. The van der Waals surface area contributed by atoms with Gasteiger partial charge in [0.2, 0.25) is 0 Å². The third-order valence-corrected chi connectivity index (χ3v) is 9.12. The number of cyclic esters (lactones) is 1. The average molecular weight is 493 g/mol. The van der Waals surface area contributed by atoms with Crippen molar-refractivity contribution in [3.8, 4) is 0 Å². The summed E-state index contributed by atoms with van der Waals surface area (Å²) in [6, 6.07) is 0. The topological polar surface area (TPSA) is 125 Å². The lowest BCUT2D eigenvalue weighted by atomic mass is 9.43. The quantitative estimate of drug-likeness (QED) is 0.357. The van der Waals surface area contributed by atoms with Crippen molar-refractivity contribution < 1.29 is 43.2 Å². The van der Waals surface area contributed by atoms with E-state index in [9.17, 15) is 24.3 Å². The number of hydrogen-bond acceptors (Lipinski definition) is 9. The third kappa shape index (κ3) is 3.77. The number of carbonyl (C=O) groups excluding carboxylic acids is 4. The SMILES string of the molecule is C=C1[C@@H]2C[C@H](OC(C)=O)[C@@H]3[C@](C2)(C(=O)OC[C@]32[C@@H](OC(C)=O)CCC(C)(C)[C@H]2COC(C)=O)[C@@H]1O. The Hall–Kier alpha value is -2.42. The van der Waals surface area contributed by atoms with E-state index in [0.29, 0.717) is 31.3 Å². The average Bonchev–Trinajstić information content (AvgIpc) is 2.93. The fourth-order valence-electron chi connectivity index (χ4n) is 7.83. The van der Waals surface area contributed by atoms with Crippen molar-refractivity contribution in [2.45, 2.75) is 78.6 Å². The van der Waals surface area contributed by atoms with E-state index >= 15 is 0 Å². The molecular formula is C26H36O9. The predicted octanol–water partition coefficient (Wildman–Crippen LogP) is 2.34. The Bertz CT molecular complexity index is 954. The highest BCUT2D eigenvalue weighted by Crippen LogP contribution is 2.69. The second-order valence-corrected chi connectivity index (χ2v) is 11.4. The number of carbonyl (C=O) groups is 4. The number of esters is 4. The summed E-state index contributed by atoms with van der Waals surface area (Å²) in [5.41, 5.74) is -2.35. The van der Waals surface area contributed by atoms with Gasteiger partial charge in [0.25, 0.3) is 0 Å². The Balaban J connectivity index is 1.97. The van der Waals surface area contributed by atoms with E-state index in [0.717, 1.165) is 0 Å². The zero-order chi connectivity index (χ0) is 25.9. The van der Waals surface area contributed by atoms with E-state index in [-0.39, 0.29) is 19.1 Å². The van der Waals surface area contributed by atoms with Crippen LogP contribution in [-0.4, -0.2) is 60.5 Å². The largest absolute Gasteiger partial charge is 0.466 e. The van der Waals surface area contributed by atoms with Crippen molar-refractivity contribution >= 4 is 23.9 Å². The molecule has 4 fully saturated rings. The molecule has 8 atom stereocenters. The maximum absolute atomic E-state index is 13.5. The van der Waals surface area contributed by atoms with E-state index in [1.54, 1.807) is 0 Å². The van der Waals surface area contributed by atoms with Gasteiger partial charge in [0.1, 0.15) is 24.2 Å². The van der Waals surface area contributed by atoms with E-state index in [1.807, 2.05) is 13.8 Å². The van der Waals surface area contributed by atoms with Gasteiger partial charge in [0.15, 0.2) is 0 Å². The minimum atomic E-state index is -1.40. The maximum atomic E-state index is 13.5. The summed E-state index contributed by atoms with van der Waals surface area (Å²) in [4.78, 5) is 49.9. The summed E-state index contributed by atoms with van der Waals surface area (Å²) in [5.74, 6) is -3.36. The minimum absolute atomic E-state index is 0.0114. The molecule has 9 nitrogen and oxygen atoms in total. The Morgan fingerprint density at radius 3 is 2.37 bits per heavy atom. The van der Waals surface area contributed by atoms with Crippen molar-refractivity contribution in [1.29, 1.82) is 0 Å². The summed E-state index contributed by atoms with van der Waals surface area (Å²) < 4.78 is 23.2. The van der Waals surface area contributed by atoms with Crippen LogP contribution in [0.1, 0.15) is 60.3 Å². The van der Waals surface area contributed by atoms with Crippen LogP contribution in [0.4, 0.5) is 0 Å². The normalized spacial score (nSPS) is 41.5. The highest BCUT2D eigenvalue weighted by molar-refractivity contribution is 5.82. The molecule has 1 heterocycles. The molecule has 0 aromatic rings. The zero-order valence-corrected chi connectivity index (χ0v) is 21.1. The molecule has 1 aliphatic heterocycles. The van der Waals surface area contributed by atoms with Crippen LogP contribution >= 0.6 is 0 Å². The molecule has 9 heteroatoms. The van der Waals surface area contributed by atoms with Gasteiger partial charge in [-0.3, -0.25) is 19.2 Å². The van der Waals surface area contributed by atoms with Gasteiger partial charge in [-0.15, -0.1) is 0 Å². The van der Waals surface area contributed by atoms with Crippen LogP contribution in [0.5, 0.6) is 0 Å². The van der Waals surface area contributed by atoms with Crippen molar-refractivity contribution in [3.05, 3.63) is 12.2 Å². The smallest absolute Gasteiger partial charge is 0.315 e. The molecule has 3 aliphatic carbocycles. The second kappa shape index (κ2) is 8.61. The first kappa shape index (κ1) is 25.7. The van der Waals surface area contributed by atoms with Gasteiger partial charge < -0.3 is 24.1 Å². The number of hydrogen-bond donors (Lipinski definition) is 1. The molecule has 194 valence electrons. The van der Waals surface area contributed by atoms with Gasteiger partial charge >= 0.3 is 23.9 Å². The summed E-state index contributed by atoms with van der Waals surface area (Å²) in [6.07, 6.45) is -0.768. The second-order valence-electron chi connectivity index (χ2n) is 11.4. The molecule has 0 amide bonds. The Morgan fingerprint density at radius 2 is 1.77 bits per heavy atom. The first-order chi connectivity index (χ1) is 16.3. The van der Waals surface area contributed by atoms with E-state index in [1.165, 1.54) is 20.8 Å². The summed E-state index contributed by atoms with van der Waals surface area (Å²) in [7, 11) is 0. The lowest BCUT2D eigenvalue weighted by Crippen LogP contribution is -2.72. The van der Waals surface area contributed by atoms with Gasteiger partial charge in [0.05, 0.1) is 18.1 Å². The molecule has 0 aromatic heterocycles. The predicted molar refractivity (Wildman–Crippen MR) is 121 cm³/mol. The standard InChI is InChI=1S/C26H36O9/c1-13-17-9-18(34-15(3)28)21-25(10-17,22(13)30)23(31)33-12-26(21)19(11-32-14(2)27)24(5,6)8-7-20(26)35-16(4)29/h17-22,30H,1,7-12H2,2-6H3/t17-,18+,19-,20+,21-,22-,25+,26+/m1/s1. The molecule has 4 aliphatic rings. The van der Waals surface area contributed by atoms with Crippen LogP contribution in [-0.2, 0) is 38.1 Å². The van der Waals surface area contributed by atoms with Crippen LogP contribution < -0.4 is 0 Å². The lowest BCUT2D eigenvalue weighted by molar-refractivity contribution is -0.277. The van der Waals surface area contributed by atoms with Crippen LogP contribution in [0, 0.1) is 34.0 Å². The Labute approximate surface area is 205 Å². The fraction of sp³-hybridized carbons (Fsp3) is 0.769. The van der Waals surface area contributed by atoms with E-state index < -0.39 is 70.3 Å². The minimum Gasteiger partial charge on any atom is -0.466 e. The molecule has 0 radical (unpaired) electrons. The van der Waals surface area contributed by atoms with Gasteiger partial charge in [0, 0.05) is 32.6 Å². The molecule has 35 heavy (non-hydrogen) atoms. The number of aliphatic hydroxyl groups is 1. The van der Waals surface area contributed by atoms with Crippen LogP contribution in [0.3, 0.4) is 0 Å². The molecule has 0 aromatic carbocycles. The first-order valence-electron chi connectivity index (χ1n) is 12.3. The van der Waals surface area contributed by atoms with Gasteiger partial charge in [-0.1, -0.05) is 20.4 Å². The highest BCUT2D eigenvalue weighted by Gasteiger charge is 2.77. The zero-order valence-electron chi connectivity index (χ0n) is 21.1. The van der Waals surface area contributed by atoms with Gasteiger partial charge in [-0.25, -0.2) is 0 Å². The maximum Gasteiger partial charge on any atom is 0.315 e. The molecule has 0 unspecified atom stereocenters. The molecule has 2 bridgehead atoms. The first-order valence-corrected chi connectivity index (χ1v) is 12.3. The molecule has 4 rings (SSSR count). The van der Waals surface area contributed by atoms with Crippen LogP contribution in [0.25, 0.3) is 0 Å². The lowest BCUT2D eigenvalue weighted by Gasteiger charge is -2.64. The Morgan fingerprint density at radius 1 is 1.11 bits per heavy atom. The van der Waals surface area contributed by atoms with E-state index in [4.69, 9.17) is 18.9 Å². The summed E-state index contributed by atoms with van der Waals surface area (Å²) in [5, 5.41) is 11.5. The molecule has 1 N–H and O–H groups in total. The van der Waals surface area contributed by atoms with Gasteiger partial charge in [-0.2, -0.15) is 0 Å². The molecule has 2 spiro atoms. The fourth-order valence-corrected chi connectivity index (χ4v) is 7.83. The van der Waals surface area contributed by atoms with Crippen molar-refractivity contribution in [3.63, 3.8) is 0 Å². The monoisotopic (exact) mass is 492 g/mol. The third-order valence-electron chi connectivity index (χ3n) is 9.12.